The molecule has 0 saturated heterocycles. The van der Waals surface area contributed by atoms with Gasteiger partial charge >= 0.3 is 5.97 Å². The topological polar surface area (TPSA) is 72.8 Å². The van der Waals surface area contributed by atoms with Gasteiger partial charge in [0, 0.05) is 24.8 Å². The van der Waals surface area contributed by atoms with Gasteiger partial charge in [-0.15, -0.1) is 6.42 Å². The van der Waals surface area contributed by atoms with Crippen molar-refractivity contribution in [1.82, 2.24) is 0 Å². The van der Waals surface area contributed by atoms with Crippen LogP contribution in [0.4, 0.5) is 0 Å². The molecule has 4 aliphatic rings. The number of rotatable bonds is 14. The number of carbonyl (C=O) groups excluding carboxylic acids is 2. The van der Waals surface area contributed by atoms with Crippen molar-refractivity contribution in [2.24, 2.45) is 46.3 Å². The van der Waals surface area contributed by atoms with Crippen LogP contribution in [-0.4, -0.2) is 23.5 Å². The predicted octanol–water partition coefficient (Wildman–Crippen LogP) is 10.4. The second-order valence-corrected chi connectivity index (χ2v) is 16.6. The smallest absolute Gasteiger partial charge is 0.373 e. The van der Waals surface area contributed by atoms with Crippen molar-refractivity contribution in [2.75, 3.05) is 0 Å². The number of allylic oxidation sites excluding steroid dienone is 1. The van der Waals surface area contributed by atoms with Crippen LogP contribution in [0.2, 0.25) is 0 Å². The first-order chi connectivity index (χ1) is 22.5. The van der Waals surface area contributed by atoms with Crippen LogP contribution in [0.1, 0.15) is 152 Å². The number of aryl methyl sites for hydroxylation is 1. The predicted molar refractivity (Wildman–Crippen MR) is 188 cm³/mol. The Balaban J connectivity index is 1.22. The molecule has 0 aromatic heterocycles. The van der Waals surface area contributed by atoms with E-state index in [9.17, 15) is 14.7 Å². The highest BCUT2D eigenvalue weighted by Gasteiger charge is 2.60. The molecule has 0 radical (unpaired) electrons. The van der Waals surface area contributed by atoms with E-state index in [1.54, 1.807) is 12.1 Å². The summed E-state index contributed by atoms with van der Waals surface area (Å²) in [5, 5.41) is 11.6. The highest BCUT2D eigenvalue weighted by molar-refractivity contribution is 5.91. The van der Waals surface area contributed by atoms with Crippen LogP contribution >= 0.6 is 0 Å². The van der Waals surface area contributed by atoms with E-state index in [4.69, 9.17) is 16.2 Å². The molecule has 3 saturated carbocycles. The van der Waals surface area contributed by atoms with Crippen LogP contribution in [-0.2, 0) is 21.0 Å². The van der Waals surface area contributed by atoms with Gasteiger partial charge in [0.15, 0.2) is 0 Å². The van der Waals surface area contributed by atoms with Gasteiger partial charge in [-0.1, -0.05) is 66.2 Å². The van der Waals surface area contributed by atoms with Crippen molar-refractivity contribution in [1.29, 1.82) is 0 Å². The number of terminal acetylenes is 1. The molecule has 0 bridgehead atoms. The Morgan fingerprint density at radius 1 is 1.02 bits per heavy atom. The van der Waals surface area contributed by atoms with Crippen LogP contribution < -0.4 is 0 Å². The number of fused-ring (bicyclic) bond motifs is 5. The van der Waals surface area contributed by atoms with E-state index in [0.717, 1.165) is 79.3 Å². The molecule has 1 aromatic rings. The molecule has 0 amide bonds. The molecule has 0 aliphatic heterocycles. The highest BCUT2D eigenvalue weighted by Crippen LogP contribution is 2.68. The average Bonchev–Trinajstić information content (AvgIpc) is 3.41. The number of aldehydes is 1. The number of unbranched alkanes of at least 4 members (excludes halogenated alkanes) is 3. The molecule has 8 atom stereocenters. The van der Waals surface area contributed by atoms with Gasteiger partial charge in [0.1, 0.15) is 12.4 Å². The maximum absolute atomic E-state index is 13.2. The molecule has 258 valence electrons. The van der Waals surface area contributed by atoms with Gasteiger partial charge in [0.2, 0.25) is 0 Å². The third kappa shape index (κ3) is 7.54. The lowest BCUT2D eigenvalue weighted by atomic mass is 9.46. The van der Waals surface area contributed by atoms with Crippen molar-refractivity contribution < 1.29 is 24.5 Å². The lowest BCUT2D eigenvalue weighted by molar-refractivity contribution is -0.280. The normalized spacial score (nSPS) is 32.2. The Bertz CT molecular complexity index is 1340. The Kier molecular flexibility index (Phi) is 11.6. The fraction of sp³-hybridized carbons (Fsp3) is 0.714. The Morgan fingerprint density at radius 3 is 2.57 bits per heavy atom. The summed E-state index contributed by atoms with van der Waals surface area (Å²) in [6.45, 7) is 12.2. The number of aliphatic hydroxyl groups is 1. The minimum atomic E-state index is -0.507. The number of hydrogen-bond acceptors (Lipinski definition) is 5. The van der Waals surface area contributed by atoms with Crippen molar-refractivity contribution >= 4 is 12.3 Å². The van der Waals surface area contributed by atoms with E-state index >= 15 is 0 Å². The monoisotopic (exact) mass is 644 g/mol. The maximum atomic E-state index is 13.2. The molecule has 1 aromatic carbocycles. The summed E-state index contributed by atoms with van der Waals surface area (Å²) in [6, 6.07) is 5.36. The minimum absolute atomic E-state index is 0.0265. The van der Waals surface area contributed by atoms with E-state index in [-0.39, 0.29) is 11.5 Å². The highest BCUT2D eigenvalue weighted by atomic mass is 17.2. The summed E-state index contributed by atoms with van der Waals surface area (Å²) in [6.07, 6.45) is 22.5. The van der Waals surface area contributed by atoms with Gasteiger partial charge < -0.3 is 9.90 Å². The lowest BCUT2D eigenvalue weighted by Crippen LogP contribution is -2.51. The molecule has 4 aliphatic carbocycles. The van der Waals surface area contributed by atoms with Crippen LogP contribution in [0, 0.1) is 58.7 Å². The number of benzene rings is 1. The maximum Gasteiger partial charge on any atom is 0.373 e. The number of aliphatic hydroxyl groups excluding tert-OH is 1. The van der Waals surface area contributed by atoms with Gasteiger partial charge in [0.25, 0.3) is 0 Å². The van der Waals surface area contributed by atoms with Gasteiger partial charge in [-0.2, -0.15) is 4.89 Å². The van der Waals surface area contributed by atoms with Crippen LogP contribution in [0.15, 0.2) is 29.5 Å². The first kappa shape index (κ1) is 35.7. The van der Waals surface area contributed by atoms with E-state index < -0.39 is 5.97 Å². The summed E-state index contributed by atoms with van der Waals surface area (Å²) in [4.78, 5) is 35.2. The quantitative estimate of drug-likeness (QED) is 0.0717. The molecule has 5 rings (SSSR count). The summed E-state index contributed by atoms with van der Waals surface area (Å²) in [5.41, 5.74) is 3.54. The minimum Gasteiger partial charge on any atom is -0.512 e. The van der Waals surface area contributed by atoms with Crippen LogP contribution in [0.5, 0.6) is 0 Å². The number of carbonyl (C=O) groups is 2. The van der Waals surface area contributed by atoms with E-state index in [1.807, 2.05) is 6.07 Å². The van der Waals surface area contributed by atoms with Crippen molar-refractivity contribution in [3.05, 3.63) is 46.2 Å². The van der Waals surface area contributed by atoms with Crippen molar-refractivity contribution in [2.45, 2.75) is 143 Å². The third-order valence-corrected chi connectivity index (χ3v) is 13.4. The third-order valence-electron chi connectivity index (χ3n) is 13.4. The van der Waals surface area contributed by atoms with Crippen LogP contribution in [0.25, 0.3) is 0 Å². The first-order valence-electron chi connectivity index (χ1n) is 18.8. The average molecular weight is 645 g/mol. The zero-order valence-corrected chi connectivity index (χ0v) is 29.8. The van der Waals surface area contributed by atoms with Crippen LogP contribution in [0.3, 0.4) is 0 Å². The molecular formula is C42H60O5. The second-order valence-electron chi connectivity index (χ2n) is 16.6. The molecular weight excluding hydrogens is 584 g/mol. The SMILES string of the molecule is C#Cc1ccc(C(=O)OOC2CC[C@@]3(C)C(=C(O)CC4C3CC[C@@]3(C)C4CC[C@@H]3[C@H](C)CCCC(C)C)C2)c(CCCCCC=O)c1. The second kappa shape index (κ2) is 15.3. The van der Waals surface area contributed by atoms with Gasteiger partial charge in [0.05, 0.1) is 11.3 Å². The van der Waals surface area contributed by atoms with E-state index in [0.29, 0.717) is 53.8 Å². The summed E-state index contributed by atoms with van der Waals surface area (Å²) >= 11 is 0. The number of hydrogen-bond donors (Lipinski definition) is 1. The zero-order chi connectivity index (χ0) is 33.8. The lowest BCUT2D eigenvalue weighted by Gasteiger charge is -2.58. The van der Waals surface area contributed by atoms with E-state index in [2.05, 4.69) is 40.5 Å². The first-order valence-corrected chi connectivity index (χ1v) is 18.8. The Labute approximate surface area is 284 Å². The Morgan fingerprint density at radius 2 is 1.83 bits per heavy atom. The molecule has 0 heterocycles. The molecule has 5 nitrogen and oxygen atoms in total. The summed E-state index contributed by atoms with van der Waals surface area (Å²) in [7, 11) is 0. The fourth-order valence-electron chi connectivity index (χ4n) is 10.8. The molecule has 47 heavy (non-hydrogen) atoms. The molecule has 1 N–H and O–H groups in total. The van der Waals surface area contributed by atoms with Crippen molar-refractivity contribution in [3.8, 4) is 12.3 Å². The summed E-state index contributed by atoms with van der Waals surface area (Å²) < 4.78 is 0. The largest absolute Gasteiger partial charge is 0.512 e. The van der Waals surface area contributed by atoms with Gasteiger partial charge in [-0.3, -0.25) is 4.89 Å². The molecule has 4 unspecified atom stereocenters. The zero-order valence-electron chi connectivity index (χ0n) is 29.8. The van der Waals surface area contributed by atoms with Crippen molar-refractivity contribution in [3.63, 3.8) is 0 Å². The van der Waals surface area contributed by atoms with Gasteiger partial charge in [-0.25, -0.2) is 4.79 Å². The fourth-order valence-corrected chi connectivity index (χ4v) is 10.8. The van der Waals surface area contributed by atoms with E-state index in [1.165, 1.54) is 44.9 Å². The Hall–Kier alpha value is -2.58. The molecule has 3 fully saturated rings. The standard InChI is InChI=1S/C42H60O5/c1-7-30-16-17-33(31(25-30)15-10-8-9-11-24-43)40(45)47-46-32-20-22-42(6)37-21-23-41(5)35(29(4)14-12-13-28(2)3)18-19-36(41)34(37)27-39(44)38(42)26-32/h1,16-17,24-25,28-29,32,34-37,44H,8-15,18-23,26-27H2,2-6H3/t29-,32?,34?,35-,36?,37?,41-,42-/m1/s1. The molecule has 0 spiro atoms. The summed E-state index contributed by atoms with van der Waals surface area (Å²) in [5.74, 6) is 6.91. The molecule has 5 heteroatoms. The van der Waals surface area contributed by atoms with Gasteiger partial charge in [-0.05, 0) is 133 Å².